The summed E-state index contributed by atoms with van der Waals surface area (Å²) in [5.74, 6) is 0.0154. The van der Waals surface area contributed by atoms with Crippen LogP contribution in [0.4, 0.5) is 21.0 Å². The minimum atomic E-state index is -1.13. The van der Waals surface area contributed by atoms with E-state index in [1.165, 1.54) is 25.1 Å². The van der Waals surface area contributed by atoms with E-state index >= 15 is 0 Å². The molecule has 9 nitrogen and oxygen atoms in total. The van der Waals surface area contributed by atoms with Crippen LogP contribution in [0.5, 0.6) is 5.75 Å². The van der Waals surface area contributed by atoms with Gasteiger partial charge in [-0.05, 0) is 39.0 Å². The third-order valence-corrected chi connectivity index (χ3v) is 3.70. The first-order valence-corrected chi connectivity index (χ1v) is 8.00. The van der Waals surface area contributed by atoms with E-state index in [9.17, 15) is 14.4 Å². The van der Waals surface area contributed by atoms with Gasteiger partial charge in [-0.15, -0.1) is 0 Å². The normalized spacial score (nSPS) is 16.9. The molecule has 0 bridgehead atoms. The van der Waals surface area contributed by atoms with Crippen LogP contribution in [0, 0.1) is 0 Å². The van der Waals surface area contributed by atoms with Crippen LogP contribution in [0.15, 0.2) is 18.2 Å². The number of rotatable bonds is 2. The Kier molecular flexibility index (Phi) is 5.29. The van der Waals surface area contributed by atoms with E-state index < -0.39 is 29.7 Å². The zero-order valence-corrected chi connectivity index (χ0v) is 15.4. The Bertz CT molecular complexity index is 728. The number of carbonyl (C=O) groups is 3. The molecule has 0 aliphatic carbocycles. The van der Waals surface area contributed by atoms with Crippen molar-refractivity contribution in [2.75, 3.05) is 30.5 Å². The predicted molar refractivity (Wildman–Crippen MR) is 94.9 cm³/mol. The number of anilines is 2. The molecule has 142 valence electrons. The van der Waals surface area contributed by atoms with E-state index in [2.05, 4.69) is 5.32 Å². The number of hydrogen-bond donors (Lipinski definition) is 2. The molecule has 0 fully saturated rings. The molecule has 1 aliphatic rings. The largest absolute Gasteiger partial charge is 0.489 e. The number of likely N-dealkylation sites (N-methyl/N-ethyl adjacent to an activating group) is 1. The summed E-state index contributed by atoms with van der Waals surface area (Å²) in [5, 5.41) is 11.6. The molecule has 0 aromatic heterocycles. The Morgan fingerprint density at radius 3 is 2.62 bits per heavy atom. The van der Waals surface area contributed by atoms with E-state index in [1.54, 1.807) is 32.9 Å². The number of nitrogens with one attached hydrogen (secondary N) is 1. The summed E-state index contributed by atoms with van der Waals surface area (Å²) in [5.41, 5.74) is 0.108. The van der Waals surface area contributed by atoms with Crippen molar-refractivity contribution in [2.24, 2.45) is 0 Å². The fourth-order valence-corrected chi connectivity index (χ4v) is 2.36. The van der Waals surface area contributed by atoms with Gasteiger partial charge in [-0.25, -0.2) is 9.59 Å². The molecule has 0 radical (unpaired) electrons. The number of hydrogen-bond acceptors (Lipinski definition) is 5. The Balaban J connectivity index is 2.22. The molecule has 1 unspecified atom stereocenters. The van der Waals surface area contributed by atoms with E-state index in [4.69, 9.17) is 14.6 Å². The topological polar surface area (TPSA) is 108 Å². The van der Waals surface area contributed by atoms with Gasteiger partial charge in [0.2, 0.25) is 0 Å². The summed E-state index contributed by atoms with van der Waals surface area (Å²) in [6.45, 7) is 5.10. The van der Waals surface area contributed by atoms with Gasteiger partial charge in [0.1, 0.15) is 24.0 Å². The highest BCUT2D eigenvalue weighted by atomic mass is 16.6. The smallest absolute Gasteiger partial charge is 0.411 e. The summed E-state index contributed by atoms with van der Waals surface area (Å²) < 4.78 is 10.8. The second kappa shape index (κ2) is 7.11. The highest BCUT2D eigenvalue weighted by Crippen LogP contribution is 2.34. The molecule has 1 atom stereocenters. The summed E-state index contributed by atoms with van der Waals surface area (Å²) in [4.78, 5) is 38.1. The van der Waals surface area contributed by atoms with Crippen molar-refractivity contribution in [1.29, 1.82) is 0 Å². The third-order valence-electron chi connectivity index (χ3n) is 3.70. The molecule has 26 heavy (non-hydrogen) atoms. The average molecular weight is 365 g/mol. The number of fused-ring (bicyclic) bond motifs is 1. The van der Waals surface area contributed by atoms with Crippen molar-refractivity contribution >= 4 is 29.5 Å². The van der Waals surface area contributed by atoms with Crippen molar-refractivity contribution < 1.29 is 29.0 Å². The van der Waals surface area contributed by atoms with Crippen LogP contribution < -0.4 is 19.9 Å². The summed E-state index contributed by atoms with van der Waals surface area (Å²) in [6.07, 6.45) is -1.84. The molecular weight excluding hydrogens is 342 g/mol. The number of carboxylic acid groups (broad SMARTS) is 1. The Hall–Kier alpha value is -2.97. The van der Waals surface area contributed by atoms with Crippen LogP contribution in [0.2, 0.25) is 0 Å². The fraction of sp³-hybridized carbons (Fsp3) is 0.471. The average Bonchev–Trinajstić information content (AvgIpc) is 2.64. The molecule has 3 amide bonds. The van der Waals surface area contributed by atoms with Crippen LogP contribution in [-0.2, 0) is 9.53 Å². The van der Waals surface area contributed by atoms with Gasteiger partial charge < -0.3 is 24.8 Å². The maximum absolute atomic E-state index is 12.7. The van der Waals surface area contributed by atoms with Gasteiger partial charge in [0.05, 0.1) is 5.69 Å². The number of alkyl carbamates (subject to hydrolysis) is 1. The van der Waals surface area contributed by atoms with Crippen molar-refractivity contribution in [2.45, 2.75) is 32.4 Å². The number of nitrogens with zero attached hydrogens (tertiary/aromatic N) is 2. The molecule has 9 heteroatoms. The molecule has 1 aromatic carbocycles. The maximum Gasteiger partial charge on any atom is 0.411 e. The van der Waals surface area contributed by atoms with Crippen LogP contribution >= 0.6 is 0 Å². The van der Waals surface area contributed by atoms with Gasteiger partial charge >= 0.3 is 12.2 Å². The van der Waals surface area contributed by atoms with Crippen molar-refractivity contribution in [3.63, 3.8) is 0 Å². The van der Waals surface area contributed by atoms with Crippen molar-refractivity contribution in [3.05, 3.63) is 18.2 Å². The molecule has 1 aliphatic heterocycles. The standard InChI is InChI=1S/C17H23N3O6/c1-17(2,3)26-15(22)18-11-9-25-13-7-6-10(19(4)16(23)24)8-12(13)20(5)14(11)21/h6-8,11H,9H2,1-5H3,(H,18,22)(H,23,24). The molecule has 1 aromatic rings. The first kappa shape index (κ1) is 19.4. The summed E-state index contributed by atoms with van der Waals surface area (Å²) in [7, 11) is 2.93. The van der Waals surface area contributed by atoms with Gasteiger partial charge in [0, 0.05) is 19.8 Å². The molecule has 0 spiro atoms. The predicted octanol–water partition coefficient (Wildman–Crippen LogP) is 2.05. The quantitative estimate of drug-likeness (QED) is 0.830. The lowest BCUT2D eigenvalue weighted by Gasteiger charge is -2.24. The van der Waals surface area contributed by atoms with Crippen LogP contribution in [0.3, 0.4) is 0 Å². The third kappa shape index (κ3) is 4.35. The number of benzene rings is 1. The lowest BCUT2D eigenvalue weighted by Crippen LogP contribution is -2.50. The Labute approximate surface area is 151 Å². The highest BCUT2D eigenvalue weighted by molar-refractivity contribution is 6.01. The van der Waals surface area contributed by atoms with E-state index in [0.717, 1.165) is 4.90 Å². The number of ether oxygens (including phenoxy) is 2. The van der Waals surface area contributed by atoms with Gasteiger partial charge in [0.25, 0.3) is 5.91 Å². The van der Waals surface area contributed by atoms with Crippen LogP contribution in [0.25, 0.3) is 0 Å². The lowest BCUT2D eigenvalue weighted by molar-refractivity contribution is -0.120. The first-order chi connectivity index (χ1) is 12.0. The van der Waals surface area contributed by atoms with Crippen molar-refractivity contribution in [1.82, 2.24) is 5.32 Å². The van der Waals surface area contributed by atoms with Gasteiger partial charge in [-0.2, -0.15) is 0 Å². The molecule has 1 heterocycles. The summed E-state index contributed by atoms with van der Waals surface area (Å²) in [6, 6.07) is 3.77. The molecule has 2 N–H and O–H groups in total. The molecular formula is C17H23N3O6. The highest BCUT2D eigenvalue weighted by Gasteiger charge is 2.32. The Morgan fingerprint density at radius 1 is 1.38 bits per heavy atom. The van der Waals surface area contributed by atoms with Crippen molar-refractivity contribution in [3.8, 4) is 5.75 Å². The zero-order chi connectivity index (χ0) is 19.6. The number of amides is 3. The van der Waals surface area contributed by atoms with E-state index in [0.29, 0.717) is 17.1 Å². The van der Waals surface area contributed by atoms with E-state index in [1.807, 2.05) is 0 Å². The lowest BCUT2D eigenvalue weighted by atomic mass is 10.2. The minimum absolute atomic E-state index is 0.0659. The van der Waals surface area contributed by atoms with Crippen LogP contribution in [-0.4, -0.2) is 55.5 Å². The van der Waals surface area contributed by atoms with Gasteiger partial charge in [0.15, 0.2) is 0 Å². The van der Waals surface area contributed by atoms with E-state index in [-0.39, 0.29) is 6.61 Å². The molecule has 2 rings (SSSR count). The SMILES string of the molecule is CN(C(=O)O)c1ccc2c(c1)N(C)C(=O)C(NC(=O)OC(C)(C)C)CO2. The number of carbonyl (C=O) groups excluding carboxylic acids is 2. The van der Waals surface area contributed by atoms with Gasteiger partial charge in [-0.3, -0.25) is 9.69 Å². The maximum atomic E-state index is 12.7. The van der Waals surface area contributed by atoms with Crippen LogP contribution in [0.1, 0.15) is 20.8 Å². The van der Waals surface area contributed by atoms with Gasteiger partial charge in [-0.1, -0.05) is 0 Å². The monoisotopic (exact) mass is 365 g/mol. The molecule has 0 saturated heterocycles. The second-order valence-corrected chi connectivity index (χ2v) is 6.90. The fourth-order valence-electron chi connectivity index (χ4n) is 2.36. The minimum Gasteiger partial charge on any atom is -0.489 e. The summed E-state index contributed by atoms with van der Waals surface area (Å²) >= 11 is 0. The first-order valence-electron chi connectivity index (χ1n) is 8.00. The Morgan fingerprint density at radius 2 is 2.04 bits per heavy atom. The molecule has 0 saturated carbocycles. The zero-order valence-electron chi connectivity index (χ0n) is 15.4. The second-order valence-electron chi connectivity index (χ2n) is 6.90.